The van der Waals surface area contributed by atoms with E-state index in [0.29, 0.717) is 16.8 Å². The first-order valence-electron chi connectivity index (χ1n) is 9.98. The highest BCUT2D eigenvalue weighted by Crippen LogP contribution is 2.28. The van der Waals surface area contributed by atoms with Crippen LogP contribution in [0, 0.1) is 29.8 Å². The number of aromatic nitrogens is 2. The summed E-state index contributed by atoms with van der Waals surface area (Å²) in [6, 6.07) is 11.9. The van der Waals surface area contributed by atoms with Gasteiger partial charge in [0.25, 0.3) is 11.6 Å². The molecule has 1 N–H and O–H groups in total. The number of hydrogen-bond acceptors (Lipinski definition) is 8. The van der Waals surface area contributed by atoms with Crippen molar-refractivity contribution in [1.82, 2.24) is 10.1 Å². The highest BCUT2D eigenvalue weighted by atomic mass is 19.1. The standard InChI is InChI=1S/C23H17FN4O6/c1-12-3-5-14(6-4-12)18-10-16(21-13(2)27-34-22(21)26-18)23(30)33-11-20(29)25-15-7-8-17(24)19(9-15)28(31)32/h3-10H,11H2,1-2H3,(H,25,29). The van der Waals surface area contributed by atoms with Crippen LogP contribution >= 0.6 is 0 Å². The number of esters is 1. The van der Waals surface area contributed by atoms with Gasteiger partial charge in [-0.2, -0.15) is 4.39 Å². The predicted molar refractivity (Wildman–Crippen MR) is 119 cm³/mol. The molecule has 0 saturated carbocycles. The number of pyridine rings is 1. The molecule has 34 heavy (non-hydrogen) atoms. The van der Waals surface area contributed by atoms with Crippen molar-refractivity contribution in [1.29, 1.82) is 0 Å². The summed E-state index contributed by atoms with van der Waals surface area (Å²) in [6.07, 6.45) is 0. The summed E-state index contributed by atoms with van der Waals surface area (Å²) in [5, 5.41) is 17.4. The molecule has 0 radical (unpaired) electrons. The molecule has 0 fully saturated rings. The van der Waals surface area contributed by atoms with E-state index < -0.39 is 34.9 Å². The molecule has 4 aromatic rings. The van der Waals surface area contributed by atoms with Crippen LogP contribution in [0.5, 0.6) is 0 Å². The lowest BCUT2D eigenvalue weighted by atomic mass is 10.0. The number of rotatable bonds is 6. The summed E-state index contributed by atoms with van der Waals surface area (Å²) in [5.74, 6) is -2.61. The number of carbonyl (C=O) groups is 2. The van der Waals surface area contributed by atoms with Crippen molar-refractivity contribution < 1.29 is 28.2 Å². The molecule has 172 valence electrons. The van der Waals surface area contributed by atoms with E-state index in [1.807, 2.05) is 31.2 Å². The summed E-state index contributed by atoms with van der Waals surface area (Å²) in [7, 11) is 0. The average molecular weight is 464 g/mol. The van der Waals surface area contributed by atoms with Gasteiger partial charge in [-0.1, -0.05) is 35.0 Å². The number of fused-ring (bicyclic) bond motifs is 1. The van der Waals surface area contributed by atoms with E-state index in [0.717, 1.165) is 29.3 Å². The SMILES string of the molecule is Cc1ccc(-c2cc(C(=O)OCC(=O)Nc3ccc(F)c([N+](=O)[O-])c3)c3c(C)noc3n2)cc1. The second-order valence-electron chi connectivity index (χ2n) is 7.42. The Morgan fingerprint density at radius 3 is 2.59 bits per heavy atom. The fourth-order valence-corrected chi connectivity index (χ4v) is 3.26. The Labute approximate surface area is 191 Å². The maximum Gasteiger partial charge on any atom is 0.339 e. The number of carbonyl (C=O) groups excluding carboxylic acids is 2. The Balaban J connectivity index is 1.54. The van der Waals surface area contributed by atoms with Crippen molar-refractivity contribution in [2.45, 2.75) is 13.8 Å². The molecule has 4 rings (SSSR count). The number of nitro benzene ring substituents is 1. The quantitative estimate of drug-likeness (QED) is 0.253. The molecule has 2 heterocycles. The monoisotopic (exact) mass is 464 g/mol. The van der Waals surface area contributed by atoms with Gasteiger partial charge in [-0.3, -0.25) is 14.9 Å². The first kappa shape index (κ1) is 22.5. The number of benzene rings is 2. The molecule has 1 amide bonds. The molecular weight excluding hydrogens is 447 g/mol. The number of halogens is 1. The number of nitrogens with zero attached hydrogens (tertiary/aromatic N) is 3. The van der Waals surface area contributed by atoms with E-state index in [1.165, 1.54) is 6.07 Å². The lowest BCUT2D eigenvalue weighted by Crippen LogP contribution is -2.21. The van der Waals surface area contributed by atoms with E-state index in [-0.39, 0.29) is 17.0 Å². The Morgan fingerprint density at radius 1 is 1.15 bits per heavy atom. The van der Waals surface area contributed by atoms with Crippen LogP contribution in [0.25, 0.3) is 22.4 Å². The smallest absolute Gasteiger partial charge is 0.339 e. The van der Waals surface area contributed by atoms with Crippen LogP contribution in [0.4, 0.5) is 15.8 Å². The maximum atomic E-state index is 13.5. The van der Waals surface area contributed by atoms with E-state index in [9.17, 15) is 24.1 Å². The number of nitrogens with one attached hydrogen (secondary N) is 1. The highest BCUT2D eigenvalue weighted by molar-refractivity contribution is 6.05. The van der Waals surface area contributed by atoms with Crippen molar-refractivity contribution in [3.8, 4) is 11.3 Å². The first-order valence-corrected chi connectivity index (χ1v) is 9.98. The van der Waals surface area contributed by atoms with E-state index >= 15 is 0 Å². The Kier molecular flexibility index (Phi) is 6.00. The van der Waals surface area contributed by atoms with Crippen LogP contribution in [0.1, 0.15) is 21.6 Å². The third-order valence-corrected chi connectivity index (χ3v) is 4.95. The van der Waals surface area contributed by atoms with Gasteiger partial charge in [0.05, 0.1) is 27.3 Å². The first-order chi connectivity index (χ1) is 16.2. The Morgan fingerprint density at radius 2 is 1.88 bits per heavy atom. The van der Waals surface area contributed by atoms with Gasteiger partial charge >= 0.3 is 11.7 Å². The summed E-state index contributed by atoms with van der Waals surface area (Å²) < 4.78 is 23.9. The summed E-state index contributed by atoms with van der Waals surface area (Å²) >= 11 is 0. The zero-order chi connectivity index (χ0) is 24.4. The molecule has 11 heteroatoms. The van der Waals surface area contributed by atoms with Gasteiger partial charge in [-0.05, 0) is 32.0 Å². The zero-order valence-electron chi connectivity index (χ0n) is 18.0. The fourth-order valence-electron chi connectivity index (χ4n) is 3.26. The molecule has 0 atom stereocenters. The maximum absolute atomic E-state index is 13.5. The Bertz CT molecular complexity index is 1430. The van der Waals surface area contributed by atoms with Gasteiger partial charge in [0, 0.05) is 17.3 Å². The molecule has 0 unspecified atom stereocenters. The number of ether oxygens (including phenoxy) is 1. The van der Waals surface area contributed by atoms with Crippen LogP contribution in [0.3, 0.4) is 0 Å². The van der Waals surface area contributed by atoms with Crippen molar-refractivity contribution in [3.05, 3.63) is 81.3 Å². The van der Waals surface area contributed by atoms with Gasteiger partial charge < -0.3 is 14.6 Å². The number of anilines is 1. The normalized spacial score (nSPS) is 10.8. The van der Waals surface area contributed by atoms with Crippen LogP contribution in [0.2, 0.25) is 0 Å². The molecule has 0 bridgehead atoms. The lowest BCUT2D eigenvalue weighted by molar-refractivity contribution is -0.387. The summed E-state index contributed by atoms with van der Waals surface area (Å²) in [4.78, 5) is 39.4. The minimum atomic E-state index is -1.04. The zero-order valence-corrected chi connectivity index (χ0v) is 18.0. The molecule has 2 aromatic heterocycles. The largest absolute Gasteiger partial charge is 0.452 e. The number of nitro groups is 1. The van der Waals surface area contributed by atoms with Gasteiger partial charge in [0.1, 0.15) is 0 Å². The third kappa shape index (κ3) is 4.58. The molecule has 0 aliphatic heterocycles. The van der Waals surface area contributed by atoms with Gasteiger partial charge in [-0.25, -0.2) is 9.78 Å². The number of aryl methyl sites for hydroxylation is 2. The average Bonchev–Trinajstić information content (AvgIpc) is 3.19. The van der Waals surface area contributed by atoms with E-state index in [2.05, 4.69) is 15.5 Å². The fraction of sp³-hybridized carbons (Fsp3) is 0.130. The molecule has 0 spiro atoms. The van der Waals surface area contributed by atoms with Crippen molar-refractivity contribution >= 4 is 34.4 Å². The second kappa shape index (κ2) is 9.06. The van der Waals surface area contributed by atoms with Crippen molar-refractivity contribution in [3.63, 3.8) is 0 Å². The third-order valence-electron chi connectivity index (χ3n) is 4.95. The van der Waals surface area contributed by atoms with E-state index in [4.69, 9.17) is 9.26 Å². The molecule has 0 aliphatic carbocycles. The summed E-state index contributed by atoms with van der Waals surface area (Å²) in [5.41, 5.74) is 2.13. The molecular formula is C23H17FN4O6. The van der Waals surface area contributed by atoms with Gasteiger partial charge in [-0.15, -0.1) is 0 Å². The molecule has 0 saturated heterocycles. The highest BCUT2D eigenvalue weighted by Gasteiger charge is 2.22. The van der Waals surface area contributed by atoms with Crippen molar-refractivity contribution in [2.24, 2.45) is 0 Å². The predicted octanol–water partition coefficient (Wildman–Crippen LogP) is 4.35. The lowest BCUT2D eigenvalue weighted by Gasteiger charge is -2.09. The minimum Gasteiger partial charge on any atom is -0.452 e. The summed E-state index contributed by atoms with van der Waals surface area (Å²) in [6.45, 7) is 2.90. The van der Waals surface area contributed by atoms with Crippen LogP contribution in [-0.2, 0) is 9.53 Å². The minimum absolute atomic E-state index is 0.0167. The van der Waals surface area contributed by atoms with Crippen molar-refractivity contribution in [2.75, 3.05) is 11.9 Å². The van der Waals surface area contributed by atoms with Gasteiger partial charge in [0.15, 0.2) is 6.61 Å². The molecule has 10 nitrogen and oxygen atoms in total. The van der Waals surface area contributed by atoms with E-state index in [1.54, 1.807) is 6.92 Å². The molecule has 2 aromatic carbocycles. The second-order valence-corrected chi connectivity index (χ2v) is 7.42. The number of hydrogen-bond donors (Lipinski definition) is 1. The molecule has 0 aliphatic rings. The van der Waals surface area contributed by atoms with Crippen LogP contribution in [-0.4, -0.2) is 33.5 Å². The Hall–Kier alpha value is -4.67. The topological polar surface area (TPSA) is 137 Å². The van der Waals surface area contributed by atoms with Gasteiger partial charge in [0.2, 0.25) is 5.82 Å². The number of amides is 1. The van der Waals surface area contributed by atoms with Crippen LogP contribution < -0.4 is 5.32 Å². The van der Waals surface area contributed by atoms with Crippen LogP contribution in [0.15, 0.2) is 53.1 Å².